The summed E-state index contributed by atoms with van der Waals surface area (Å²) in [5.41, 5.74) is 2.17. The van der Waals surface area contributed by atoms with Crippen LogP contribution in [0, 0.1) is 18.6 Å². The van der Waals surface area contributed by atoms with Crippen molar-refractivity contribution < 1.29 is 27.9 Å². The van der Waals surface area contributed by atoms with E-state index in [1.54, 1.807) is 36.6 Å². The number of alkyl carbamates (subject to hydrolysis) is 1. The number of hydrogen-bond acceptors (Lipinski definition) is 4. The molecule has 0 bridgehead atoms. The Hall–Kier alpha value is -3.49. The van der Waals surface area contributed by atoms with Crippen LogP contribution >= 0.6 is 0 Å². The molecule has 1 N–H and O–H groups in total. The van der Waals surface area contributed by atoms with E-state index in [4.69, 9.17) is 4.74 Å². The average Bonchev–Trinajstić information content (AvgIpc) is 3.24. The van der Waals surface area contributed by atoms with Gasteiger partial charge in [-0.15, -0.1) is 0 Å². The maximum absolute atomic E-state index is 14.1. The van der Waals surface area contributed by atoms with Gasteiger partial charge in [-0.25, -0.2) is 13.6 Å². The van der Waals surface area contributed by atoms with Crippen molar-refractivity contribution in [1.82, 2.24) is 15.1 Å². The van der Waals surface area contributed by atoms with E-state index in [1.807, 2.05) is 25.1 Å². The molecule has 0 aromatic heterocycles. The van der Waals surface area contributed by atoms with Gasteiger partial charge in [0.2, 0.25) is 5.91 Å². The van der Waals surface area contributed by atoms with Crippen LogP contribution in [0.3, 0.4) is 0 Å². The Kier molecular flexibility index (Phi) is 8.04. The van der Waals surface area contributed by atoms with Gasteiger partial charge in [-0.1, -0.05) is 17.7 Å². The molecule has 1 aliphatic heterocycles. The smallest absolute Gasteiger partial charge is 0.407 e. The van der Waals surface area contributed by atoms with Gasteiger partial charge >= 0.3 is 6.09 Å². The van der Waals surface area contributed by atoms with Crippen molar-refractivity contribution in [3.05, 3.63) is 70.3 Å². The molecule has 1 saturated heterocycles. The zero-order valence-corrected chi connectivity index (χ0v) is 22.4. The molecule has 2 aromatic rings. The molecule has 38 heavy (non-hydrogen) atoms. The largest absolute Gasteiger partial charge is 0.444 e. The Morgan fingerprint density at radius 2 is 1.68 bits per heavy atom. The van der Waals surface area contributed by atoms with Gasteiger partial charge in [0.25, 0.3) is 5.91 Å². The van der Waals surface area contributed by atoms with Crippen molar-refractivity contribution in [2.45, 2.75) is 64.5 Å². The van der Waals surface area contributed by atoms with Gasteiger partial charge in [-0.3, -0.25) is 9.59 Å². The summed E-state index contributed by atoms with van der Waals surface area (Å²) in [6.07, 6.45) is 0.385. The van der Waals surface area contributed by atoms with Gasteiger partial charge in [0.1, 0.15) is 5.60 Å². The second-order valence-corrected chi connectivity index (χ2v) is 11.1. The quantitative estimate of drug-likeness (QED) is 0.618. The Balaban J connectivity index is 1.45. The van der Waals surface area contributed by atoms with Crippen molar-refractivity contribution in [3.8, 4) is 0 Å². The Labute approximate surface area is 222 Å². The lowest BCUT2D eigenvalue weighted by atomic mass is 9.90. The average molecular weight is 528 g/mol. The van der Waals surface area contributed by atoms with E-state index >= 15 is 0 Å². The molecular formula is C29H35F2N3O4. The summed E-state index contributed by atoms with van der Waals surface area (Å²) >= 11 is 0. The molecule has 9 heteroatoms. The molecule has 1 heterocycles. The molecule has 0 saturated carbocycles. The van der Waals surface area contributed by atoms with Gasteiger partial charge in [0.15, 0.2) is 11.6 Å². The Morgan fingerprint density at radius 3 is 2.34 bits per heavy atom. The number of amides is 3. The number of rotatable bonds is 5. The van der Waals surface area contributed by atoms with Crippen LogP contribution in [0.2, 0.25) is 0 Å². The predicted octanol–water partition coefficient (Wildman–Crippen LogP) is 4.57. The summed E-state index contributed by atoms with van der Waals surface area (Å²) in [6.45, 7) is 8.71. The van der Waals surface area contributed by atoms with Crippen molar-refractivity contribution in [1.29, 1.82) is 0 Å². The van der Waals surface area contributed by atoms with Crippen LogP contribution in [0.15, 0.2) is 36.4 Å². The predicted molar refractivity (Wildman–Crippen MR) is 139 cm³/mol. The highest BCUT2D eigenvalue weighted by atomic mass is 19.2. The number of carbonyl (C=O) groups is 3. The van der Waals surface area contributed by atoms with Gasteiger partial charge < -0.3 is 19.9 Å². The highest BCUT2D eigenvalue weighted by molar-refractivity contribution is 5.94. The monoisotopic (exact) mass is 527 g/mol. The number of nitrogens with zero attached hydrogens (tertiary/aromatic N) is 2. The maximum Gasteiger partial charge on any atom is 0.407 e. The molecule has 0 spiro atoms. The normalized spacial score (nSPS) is 18.1. The minimum absolute atomic E-state index is 0.0197. The Bertz CT molecular complexity index is 1220. The molecule has 3 amide bonds. The standard InChI is InChI=1S/C29H35F2N3O4/c1-18-6-5-7-20(14-18)27(36)34-12-10-33(11-13-34)26(35)17-25(32-28(37)38-29(2,3)4)21-9-8-19-15-23(30)24(31)16-22(19)21/h5-7,14-16,21,25H,8-13,17H2,1-4H3,(H,32,37). The molecule has 0 radical (unpaired) electrons. The van der Waals surface area contributed by atoms with E-state index in [2.05, 4.69) is 5.32 Å². The second-order valence-electron chi connectivity index (χ2n) is 11.1. The van der Waals surface area contributed by atoms with Crippen LogP contribution in [0.25, 0.3) is 0 Å². The van der Waals surface area contributed by atoms with E-state index in [0.29, 0.717) is 55.7 Å². The lowest BCUT2D eigenvalue weighted by Crippen LogP contribution is -2.52. The number of fused-ring (bicyclic) bond motifs is 1. The summed E-state index contributed by atoms with van der Waals surface area (Å²) < 4.78 is 33.3. The topological polar surface area (TPSA) is 79.0 Å². The number of carbonyl (C=O) groups excluding carboxylic acids is 3. The van der Waals surface area contributed by atoms with Crippen molar-refractivity contribution in [2.75, 3.05) is 26.2 Å². The molecule has 1 aliphatic carbocycles. The van der Waals surface area contributed by atoms with Crippen LogP contribution in [0.4, 0.5) is 13.6 Å². The minimum Gasteiger partial charge on any atom is -0.444 e. The lowest BCUT2D eigenvalue weighted by molar-refractivity contribution is -0.133. The van der Waals surface area contributed by atoms with Crippen molar-refractivity contribution in [2.24, 2.45) is 0 Å². The molecular weight excluding hydrogens is 492 g/mol. The summed E-state index contributed by atoms with van der Waals surface area (Å²) in [6, 6.07) is 9.13. The van der Waals surface area contributed by atoms with Crippen molar-refractivity contribution in [3.63, 3.8) is 0 Å². The highest BCUT2D eigenvalue weighted by Crippen LogP contribution is 2.38. The summed E-state index contributed by atoms with van der Waals surface area (Å²) in [4.78, 5) is 42.3. The highest BCUT2D eigenvalue weighted by Gasteiger charge is 2.36. The van der Waals surface area contributed by atoms with Gasteiger partial charge in [-0.05, 0) is 75.9 Å². The molecule has 2 aromatic carbocycles. The molecule has 204 valence electrons. The first-order valence-electron chi connectivity index (χ1n) is 13.0. The van der Waals surface area contributed by atoms with E-state index in [-0.39, 0.29) is 24.2 Å². The molecule has 2 aliphatic rings. The van der Waals surface area contributed by atoms with Crippen LogP contribution < -0.4 is 5.32 Å². The number of halogens is 2. The summed E-state index contributed by atoms with van der Waals surface area (Å²) in [5, 5.41) is 2.82. The van der Waals surface area contributed by atoms with Crippen LogP contribution in [-0.2, 0) is 16.0 Å². The molecule has 2 unspecified atom stereocenters. The zero-order valence-electron chi connectivity index (χ0n) is 22.4. The van der Waals surface area contributed by atoms with Crippen LogP contribution in [0.5, 0.6) is 0 Å². The molecule has 4 rings (SSSR count). The van der Waals surface area contributed by atoms with Crippen LogP contribution in [-0.4, -0.2) is 65.5 Å². The van der Waals surface area contributed by atoms with E-state index in [9.17, 15) is 23.2 Å². The minimum atomic E-state index is -0.951. The number of hydrogen-bond donors (Lipinski definition) is 1. The number of aryl methyl sites for hydroxylation is 2. The number of piperazine rings is 1. The SMILES string of the molecule is Cc1cccc(C(=O)N2CCN(C(=O)CC(NC(=O)OC(C)(C)C)C3CCc4cc(F)c(F)cc43)CC2)c1. The summed E-state index contributed by atoms with van der Waals surface area (Å²) in [7, 11) is 0. The van der Waals surface area contributed by atoms with Crippen molar-refractivity contribution >= 4 is 17.9 Å². The molecule has 1 fully saturated rings. The second kappa shape index (κ2) is 11.1. The zero-order chi connectivity index (χ0) is 27.6. The third-order valence-electron chi connectivity index (χ3n) is 7.07. The molecule has 7 nitrogen and oxygen atoms in total. The molecule has 2 atom stereocenters. The van der Waals surface area contributed by atoms with Crippen LogP contribution in [0.1, 0.15) is 66.6 Å². The lowest BCUT2D eigenvalue weighted by Gasteiger charge is -2.36. The van der Waals surface area contributed by atoms with Gasteiger partial charge in [-0.2, -0.15) is 0 Å². The fourth-order valence-corrected chi connectivity index (χ4v) is 5.24. The fraction of sp³-hybridized carbons (Fsp3) is 0.483. The number of benzene rings is 2. The van der Waals surface area contributed by atoms with E-state index < -0.39 is 29.4 Å². The fourth-order valence-electron chi connectivity index (χ4n) is 5.24. The first kappa shape index (κ1) is 27.5. The first-order chi connectivity index (χ1) is 17.9. The maximum atomic E-state index is 14.1. The third kappa shape index (κ3) is 6.49. The van der Waals surface area contributed by atoms with E-state index in [0.717, 1.165) is 5.56 Å². The Morgan fingerprint density at radius 1 is 1.03 bits per heavy atom. The number of nitrogens with one attached hydrogen (secondary N) is 1. The van der Waals surface area contributed by atoms with Gasteiger partial charge in [0.05, 0.1) is 0 Å². The third-order valence-corrected chi connectivity index (χ3v) is 7.07. The van der Waals surface area contributed by atoms with E-state index in [1.165, 1.54) is 12.1 Å². The van der Waals surface area contributed by atoms with Gasteiger partial charge in [0, 0.05) is 50.1 Å². The summed E-state index contributed by atoms with van der Waals surface area (Å²) in [5.74, 6) is -2.46. The number of ether oxygens (including phenoxy) is 1. The first-order valence-corrected chi connectivity index (χ1v) is 13.0.